The topological polar surface area (TPSA) is 9.23 Å². The molecule has 19 heavy (non-hydrogen) atoms. The van der Waals surface area contributed by atoms with E-state index in [1.807, 2.05) is 12.1 Å². The molecule has 0 heterocycles. The van der Waals surface area contributed by atoms with Gasteiger partial charge in [-0.05, 0) is 53.8 Å². The molecule has 2 heteroatoms. The van der Waals surface area contributed by atoms with Crippen LogP contribution in [0.25, 0.3) is 0 Å². The predicted octanol–water partition coefficient (Wildman–Crippen LogP) is 5.46. The van der Waals surface area contributed by atoms with Gasteiger partial charge in [-0.15, -0.1) is 0 Å². The largest absolute Gasteiger partial charge is 0.489 e. The SMILES string of the molecule is Cc1cc(OCc2cccc(Br)c2)ccc1C(C)C. The van der Waals surface area contributed by atoms with Crippen molar-refractivity contribution in [2.75, 3.05) is 0 Å². The summed E-state index contributed by atoms with van der Waals surface area (Å²) in [4.78, 5) is 0. The summed E-state index contributed by atoms with van der Waals surface area (Å²) < 4.78 is 6.93. The van der Waals surface area contributed by atoms with Crippen molar-refractivity contribution in [3.05, 3.63) is 63.6 Å². The van der Waals surface area contributed by atoms with Gasteiger partial charge in [0.05, 0.1) is 0 Å². The first kappa shape index (κ1) is 14.1. The van der Waals surface area contributed by atoms with Crippen LogP contribution in [0.1, 0.15) is 36.5 Å². The molecule has 0 fully saturated rings. The van der Waals surface area contributed by atoms with Crippen molar-refractivity contribution in [1.82, 2.24) is 0 Å². The fourth-order valence-electron chi connectivity index (χ4n) is 2.18. The standard InChI is InChI=1S/C17H19BrO/c1-12(2)17-8-7-16(9-13(17)3)19-11-14-5-4-6-15(18)10-14/h4-10,12H,11H2,1-3H3. The molecule has 0 amide bonds. The minimum Gasteiger partial charge on any atom is -0.489 e. The second-order valence-electron chi connectivity index (χ2n) is 5.09. The molecule has 0 aromatic heterocycles. The summed E-state index contributed by atoms with van der Waals surface area (Å²) in [6.07, 6.45) is 0. The maximum absolute atomic E-state index is 5.84. The lowest BCUT2D eigenvalue weighted by Gasteiger charge is -2.12. The lowest BCUT2D eigenvalue weighted by atomic mass is 9.98. The Morgan fingerprint density at radius 3 is 2.53 bits per heavy atom. The number of ether oxygens (including phenoxy) is 1. The van der Waals surface area contributed by atoms with Gasteiger partial charge in [-0.1, -0.05) is 48.0 Å². The zero-order valence-corrected chi connectivity index (χ0v) is 13.2. The van der Waals surface area contributed by atoms with Gasteiger partial charge in [-0.25, -0.2) is 0 Å². The van der Waals surface area contributed by atoms with E-state index in [1.165, 1.54) is 16.7 Å². The van der Waals surface area contributed by atoms with Crippen LogP contribution in [-0.2, 0) is 6.61 Å². The van der Waals surface area contributed by atoms with E-state index in [9.17, 15) is 0 Å². The summed E-state index contributed by atoms with van der Waals surface area (Å²) in [5, 5.41) is 0. The Bertz CT molecular complexity index is 561. The van der Waals surface area contributed by atoms with Crippen molar-refractivity contribution in [2.24, 2.45) is 0 Å². The summed E-state index contributed by atoms with van der Waals surface area (Å²) in [7, 11) is 0. The first-order valence-electron chi connectivity index (χ1n) is 6.54. The number of aryl methyl sites for hydroxylation is 1. The molecule has 0 aliphatic heterocycles. The zero-order valence-electron chi connectivity index (χ0n) is 11.6. The lowest BCUT2D eigenvalue weighted by molar-refractivity contribution is 0.306. The van der Waals surface area contributed by atoms with Gasteiger partial charge in [0.15, 0.2) is 0 Å². The Morgan fingerprint density at radius 2 is 1.89 bits per heavy atom. The van der Waals surface area contributed by atoms with Crippen molar-refractivity contribution < 1.29 is 4.74 Å². The molecule has 0 bridgehead atoms. The fourth-order valence-corrected chi connectivity index (χ4v) is 2.63. The van der Waals surface area contributed by atoms with Crippen LogP contribution < -0.4 is 4.74 Å². The fraction of sp³-hybridized carbons (Fsp3) is 0.294. The number of rotatable bonds is 4. The summed E-state index contributed by atoms with van der Waals surface area (Å²) in [5.41, 5.74) is 3.84. The van der Waals surface area contributed by atoms with Gasteiger partial charge in [0, 0.05) is 4.47 Å². The highest BCUT2D eigenvalue weighted by Gasteiger charge is 2.05. The molecular weight excluding hydrogens is 300 g/mol. The van der Waals surface area contributed by atoms with Gasteiger partial charge in [0.1, 0.15) is 12.4 Å². The quantitative estimate of drug-likeness (QED) is 0.727. The normalized spacial score (nSPS) is 10.8. The zero-order chi connectivity index (χ0) is 13.8. The van der Waals surface area contributed by atoms with Crippen LogP contribution in [0.4, 0.5) is 0 Å². The number of hydrogen-bond acceptors (Lipinski definition) is 1. The molecule has 2 aromatic carbocycles. The third-order valence-electron chi connectivity index (χ3n) is 3.16. The second-order valence-corrected chi connectivity index (χ2v) is 6.01. The van der Waals surface area contributed by atoms with Crippen LogP contribution in [-0.4, -0.2) is 0 Å². The van der Waals surface area contributed by atoms with Crippen molar-refractivity contribution in [3.8, 4) is 5.75 Å². The molecular formula is C17H19BrO. The Labute approximate surface area is 123 Å². The Balaban J connectivity index is 2.06. The van der Waals surface area contributed by atoms with Gasteiger partial charge in [-0.2, -0.15) is 0 Å². The average Bonchev–Trinajstić information content (AvgIpc) is 2.36. The molecule has 0 saturated carbocycles. The first-order chi connectivity index (χ1) is 9.06. The molecule has 2 aromatic rings. The van der Waals surface area contributed by atoms with Gasteiger partial charge in [-0.3, -0.25) is 0 Å². The summed E-state index contributed by atoms with van der Waals surface area (Å²) in [5.74, 6) is 1.49. The highest BCUT2D eigenvalue weighted by Crippen LogP contribution is 2.24. The average molecular weight is 319 g/mol. The van der Waals surface area contributed by atoms with Crippen molar-refractivity contribution in [2.45, 2.75) is 33.3 Å². The maximum Gasteiger partial charge on any atom is 0.120 e. The van der Waals surface area contributed by atoms with E-state index in [-0.39, 0.29) is 0 Å². The molecule has 0 unspecified atom stereocenters. The Morgan fingerprint density at radius 1 is 1.11 bits per heavy atom. The minimum absolute atomic E-state index is 0.555. The van der Waals surface area contributed by atoms with E-state index in [2.05, 4.69) is 67.0 Å². The van der Waals surface area contributed by atoms with E-state index >= 15 is 0 Å². The summed E-state index contributed by atoms with van der Waals surface area (Å²) in [6.45, 7) is 7.16. The number of benzene rings is 2. The Kier molecular flexibility index (Phi) is 4.65. The monoisotopic (exact) mass is 318 g/mol. The van der Waals surface area contributed by atoms with E-state index in [0.717, 1.165) is 10.2 Å². The molecule has 0 atom stereocenters. The van der Waals surface area contributed by atoms with E-state index in [1.54, 1.807) is 0 Å². The molecule has 0 aliphatic carbocycles. The maximum atomic E-state index is 5.84. The lowest BCUT2D eigenvalue weighted by Crippen LogP contribution is -1.97. The summed E-state index contributed by atoms with van der Waals surface area (Å²) >= 11 is 3.47. The molecule has 0 aliphatic rings. The highest BCUT2D eigenvalue weighted by molar-refractivity contribution is 9.10. The van der Waals surface area contributed by atoms with Gasteiger partial charge in [0.25, 0.3) is 0 Å². The predicted molar refractivity (Wildman–Crippen MR) is 83.7 cm³/mol. The van der Waals surface area contributed by atoms with E-state index in [4.69, 9.17) is 4.74 Å². The highest BCUT2D eigenvalue weighted by atomic mass is 79.9. The molecule has 0 N–H and O–H groups in total. The smallest absolute Gasteiger partial charge is 0.120 e. The van der Waals surface area contributed by atoms with Crippen LogP contribution in [0.2, 0.25) is 0 Å². The van der Waals surface area contributed by atoms with Gasteiger partial charge < -0.3 is 4.74 Å². The van der Waals surface area contributed by atoms with Gasteiger partial charge >= 0.3 is 0 Å². The van der Waals surface area contributed by atoms with Crippen LogP contribution in [0, 0.1) is 6.92 Å². The van der Waals surface area contributed by atoms with Crippen LogP contribution in [0.3, 0.4) is 0 Å². The van der Waals surface area contributed by atoms with E-state index in [0.29, 0.717) is 12.5 Å². The second kappa shape index (κ2) is 6.25. The number of halogens is 1. The van der Waals surface area contributed by atoms with E-state index < -0.39 is 0 Å². The molecule has 0 spiro atoms. The summed E-state index contributed by atoms with van der Waals surface area (Å²) in [6, 6.07) is 14.5. The van der Waals surface area contributed by atoms with Gasteiger partial charge in [0.2, 0.25) is 0 Å². The van der Waals surface area contributed by atoms with Crippen molar-refractivity contribution in [1.29, 1.82) is 0 Å². The minimum atomic E-state index is 0.555. The first-order valence-corrected chi connectivity index (χ1v) is 7.33. The molecule has 100 valence electrons. The molecule has 0 radical (unpaired) electrons. The number of hydrogen-bond donors (Lipinski definition) is 0. The molecule has 0 saturated heterocycles. The van der Waals surface area contributed by atoms with Crippen LogP contribution >= 0.6 is 15.9 Å². The third kappa shape index (κ3) is 3.84. The Hall–Kier alpha value is -1.28. The van der Waals surface area contributed by atoms with Crippen LogP contribution in [0.15, 0.2) is 46.9 Å². The third-order valence-corrected chi connectivity index (χ3v) is 3.65. The van der Waals surface area contributed by atoms with Crippen molar-refractivity contribution >= 4 is 15.9 Å². The molecule has 1 nitrogen and oxygen atoms in total. The molecule has 2 rings (SSSR count). The van der Waals surface area contributed by atoms with Crippen LogP contribution in [0.5, 0.6) is 5.75 Å². The van der Waals surface area contributed by atoms with Crippen molar-refractivity contribution in [3.63, 3.8) is 0 Å².